The third-order valence-electron chi connectivity index (χ3n) is 5.05. The average molecular weight is 371 g/mol. The predicted molar refractivity (Wildman–Crippen MR) is 110 cm³/mol. The number of ketones is 1. The molecule has 0 saturated carbocycles. The van der Waals surface area contributed by atoms with Crippen LogP contribution < -0.4 is 4.74 Å². The Morgan fingerprint density at radius 2 is 1.38 bits per heavy atom. The van der Waals surface area contributed by atoms with Crippen molar-refractivity contribution in [3.63, 3.8) is 0 Å². The van der Waals surface area contributed by atoms with E-state index in [9.17, 15) is 4.79 Å². The molecule has 4 heteroatoms. The van der Waals surface area contributed by atoms with Crippen LogP contribution in [0, 0.1) is 6.92 Å². The first kappa shape index (κ1) is 20.4. The third-order valence-corrected chi connectivity index (χ3v) is 9.59. The lowest BCUT2D eigenvalue weighted by Crippen LogP contribution is -2.41. The molecule has 0 aliphatic rings. The van der Waals surface area contributed by atoms with Crippen LogP contribution in [0.1, 0.15) is 42.3 Å². The van der Waals surface area contributed by atoms with Crippen LogP contribution in [0.3, 0.4) is 0 Å². The number of ether oxygens (including phenoxy) is 1. The van der Waals surface area contributed by atoms with Gasteiger partial charge >= 0.3 is 0 Å². The summed E-state index contributed by atoms with van der Waals surface area (Å²) >= 11 is 0. The quantitative estimate of drug-likeness (QED) is 0.360. The van der Waals surface area contributed by atoms with Crippen molar-refractivity contribution >= 4 is 14.1 Å². The molecule has 0 aromatic heterocycles. The van der Waals surface area contributed by atoms with Gasteiger partial charge in [0.2, 0.25) is 0 Å². The molecule has 0 amide bonds. The number of rotatable bonds is 7. The van der Waals surface area contributed by atoms with E-state index in [0.717, 1.165) is 11.3 Å². The van der Waals surface area contributed by atoms with E-state index in [-0.39, 0.29) is 10.8 Å². The van der Waals surface area contributed by atoms with E-state index < -0.39 is 8.32 Å². The SMILES string of the molecule is Cc1ccc(C(=O)c2ccc(OCCO[Si](C)(C)C(C)(C)C)cc2)cc1. The predicted octanol–water partition coefficient (Wildman–Crippen LogP) is 5.63. The number of benzene rings is 2. The van der Waals surface area contributed by atoms with E-state index in [0.29, 0.717) is 24.3 Å². The van der Waals surface area contributed by atoms with Gasteiger partial charge < -0.3 is 9.16 Å². The normalized spacial score (nSPS) is 12.1. The lowest BCUT2D eigenvalue weighted by atomic mass is 10.0. The molecule has 0 aliphatic heterocycles. The molecule has 2 aromatic rings. The fourth-order valence-electron chi connectivity index (χ4n) is 2.25. The van der Waals surface area contributed by atoms with Crippen LogP contribution in [0.2, 0.25) is 18.1 Å². The molecular weight excluding hydrogens is 340 g/mol. The van der Waals surface area contributed by atoms with Crippen molar-refractivity contribution < 1.29 is 14.0 Å². The van der Waals surface area contributed by atoms with E-state index in [1.54, 1.807) is 0 Å². The fourth-order valence-corrected chi connectivity index (χ4v) is 3.27. The molecule has 0 atom stereocenters. The van der Waals surface area contributed by atoms with E-state index in [4.69, 9.17) is 9.16 Å². The lowest BCUT2D eigenvalue weighted by molar-refractivity contribution is 0.103. The van der Waals surface area contributed by atoms with E-state index in [1.165, 1.54) is 0 Å². The summed E-state index contributed by atoms with van der Waals surface area (Å²) in [5.41, 5.74) is 2.51. The Morgan fingerprint density at radius 1 is 0.885 bits per heavy atom. The number of aryl methyl sites for hydroxylation is 1. The van der Waals surface area contributed by atoms with Gasteiger partial charge in [-0.15, -0.1) is 0 Å². The number of carbonyl (C=O) groups excluding carboxylic acids is 1. The van der Waals surface area contributed by atoms with Crippen molar-refractivity contribution in [2.75, 3.05) is 13.2 Å². The summed E-state index contributed by atoms with van der Waals surface area (Å²) in [6.45, 7) is 14.3. The van der Waals surface area contributed by atoms with Crippen LogP contribution >= 0.6 is 0 Å². The van der Waals surface area contributed by atoms with Gasteiger partial charge in [-0.25, -0.2) is 0 Å². The Balaban J connectivity index is 1.88. The van der Waals surface area contributed by atoms with Crippen LogP contribution in [0.25, 0.3) is 0 Å². The van der Waals surface area contributed by atoms with Crippen molar-refractivity contribution in [1.29, 1.82) is 0 Å². The first-order valence-electron chi connectivity index (χ1n) is 9.08. The topological polar surface area (TPSA) is 35.5 Å². The standard InChI is InChI=1S/C22H30O3Si/c1-17-7-9-18(10-8-17)21(23)19-11-13-20(14-12-19)24-15-16-25-26(5,6)22(2,3)4/h7-14H,15-16H2,1-6H3. The summed E-state index contributed by atoms with van der Waals surface area (Å²) < 4.78 is 11.9. The number of hydrogen-bond donors (Lipinski definition) is 0. The molecule has 26 heavy (non-hydrogen) atoms. The van der Waals surface area contributed by atoms with Gasteiger partial charge in [0.25, 0.3) is 0 Å². The summed E-state index contributed by atoms with van der Waals surface area (Å²) in [6, 6.07) is 14.9. The highest BCUT2D eigenvalue weighted by molar-refractivity contribution is 6.74. The maximum atomic E-state index is 12.5. The van der Waals surface area contributed by atoms with Gasteiger partial charge in [0.1, 0.15) is 12.4 Å². The largest absolute Gasteiger partial charge is 0.491 e. The fraction of sp³-hybridized carbons (Fsp3) is 0.409. The van der Waals surface area contributed by atoms with Gasteiger partial charge in [-0.05, 0) is 49.3 Å². The summed E-state index contributed by atoms with van der Waals surface area (Å²) in [7, 11) is -1.73. The van der Waals surface area contributed by atoms with Crippen LogP contribution in [0.5, 0.6) is 5.75 Å². The first-order chi connectivity index (χ1) is 12.1. The third kappa shape index (κ3) is 5.29. The summed E-state index contributed by atoms with van der Waals surface area (Å²) in [5, 5.41) is 0.199. The minimum absolute atomic E-state index is 0.0258. The Labute approximate surface area is 158 Å². The Bertz CT molecular complexity index is 725. The molecule has 2 rings (SSSR count). The van der Waals surface area contributed by atoms with Crippen LogP contribution in [0.4, 0.5) is 0 Å². The molecule has 3 nitrogen and oxygen atoms in total. The molecule has 2 aromatic carbocycles. The molecule has 0 radical (unpaired) electrons. The number of carbonyl (C=O) groups is 1. The molecule has 0 unspecified atom stereocenters. The molecule has 0 fully saturated rings. The average Bonchev–Trinajstić information content (AvgIpc) is 2.58. The van der Waals surface area contributed by atoms with Gasteiger partial charge in [0.15, 0.2) is 14.1 Å². The van der Waals surface area contributed by atoms with Gasteiger partial charge in [0, 0.05) is 11.1 Å². The zero-order valence-electron chi connectivity index (χ0n) is 16.8. The second kappa shape index (κ2) is 8.19. The minimum atomic E-state index is -1.73. The zero-order chi connectivity index (χ0) is 19.4. The molecule has 0 heterocycles. The van der Waals surface area contributed by atoms with Gasteiger partial charge in [-0.3, -0.25) is 4.79 Å². The summed E-state index contributed by atoms with van der Waals surface area (Å²) in [4.78, 5) is 12.5. The minimum Gasteiger partial charge on any atom is -0.491 e. The zero-order valence-corrected chi connectivity index (χ0v) is 17.8. The van der Waals surface area contributed by atoms with E-state index >= 15 is 0 Å². The molecule has 140 valence electrons. The van der Waals surface area contributed by atoms with Gasteiger partial charge in [-0.2, -0.15) is 0 Å². The Hall–Kier alpha value is -1.91. The van der Waals surface area contributed by atoms with Crippen molar-refractivity contribution in [2.45, 2.75) is 45.8 Å². The Morgan fingerprint density at radius 3 is 1.88 bits per heavy atom. The smallest absolute Gasteiger partial charge is 0.193 e. The lowest BCUT2D eigenvalue weighted by Gasteiger charge is -2.36. The van der Waals surface area contributed by atoms with Crippen LogP contribution in [-0.4, -0.2) is 27.3 Å². The molecule has 0 saturated heterocycles. The monoisotopic (exact) mass is 370 g/mol. The first-order valence-corrected chi connectivity index (χ1v) is 12.0. The van der Waals surface area contributed by atoms with E-state index in [2.05, 4.69) is 33.9 Å². The highest BCUT2D eigenvalue weighted by atomic mass is 28.4. The van der Waals surface area contributed by atoms with Crippen molar-refractivity contribution in [1.82, 2.24) is 0 Å². The van der Waals surface area contributed by atoms with Crippen LogP contribution in [-0.2, 0) is 4.43 Å². The Kier molecular flexibility index (Phi) is 6.42. The van der Waals surface area contributed by atoms with Crippen molar-refractivity contribution in [3.05, 3.63) is 65.2 Å². The van der Waals surface area contributed by atoms with Crippen molar-refractivity contribution in [3.8, 4) is 5.75 Å². The maximum absolute atomic E-state index is 12.5. The van der Waals surface area contributed by atoms with E-state index in [1.807, 2.05) is 55.5 Å². The summed E-state index contributed by atoms with van der Waals surface area (Å²) in [6.07, 6.45) is 0. The van der Waals surface area contributed by atoms with Gasteiger partial charge in [-0.1, -0.05) is 50.6 Å². The highest BCUT2D eigenvalue weighted by Gasteiger charge is 2.36. The second-order valence-corrected chi connectivity index (χ2v) is 13.0. The van der Waals surface area contributed by atoms with Gasteiger partial charge in [0.05, 0.1) is 6.61 Å². The number of hydrogen-bond acceptors (Lipinski definition) is 3. The maximum Gasteiger partial charge on any atom is 0.193 e. The van der Waals surface area contributed by atoms with Crippen molar-refractivity contribution in [2.24, 2.45) is 0 Å². The molecule has 0 bridgehead atoms. The molecule has 0 spiro atoms. The molecular formula is C22H30O3Si. The highest BCUT2D eigenvalue weighted by Crippen LogP contribution is 2.36. The molecule has 0 aliphatic carbocycles. The van der Waals surface area contributed by atoms with Crippen LogP contribution in [0.15, 0.2) is 48.5 Å². The molecule has 0 N–H and O–H groups in total. The second-order valence-electron chi connectivity index (χ2n) is 8.18. The summed E-state index contributed by atoms with van der Waals surface area (Å²) in [5.74, 6) is 0.780.